The van der Waals surface area contributed by atoms with Crippen molar-refractivity contribution in [1.82, 2.24) is 10.3 Å². The third-order valence-corrected chi connectivity index (χ3v) is 5.88. The van der Waals surface area contributed by atoms with Crippen LogP contribution in [0.4, 0.5) is 13.6 Å². The fourth-order valence-electron chi connectivity index (χ4n) is 2.99. The van der Waals surface area contributed by atoms with E-state index in [-0.39, 0.29) is 6.04 Å². The molecule has 0 aliphatic rings. The van der Waals surface area contributed by atoms with Crippen molar-refractivity contribution in [3.63, 3.8) is 0 Å². The lowest BCUT2D eigenvalue weighted by molar-refractivity contribution is 0.0508. The summed E-state index contributed by atoms with van der Waals surface area (Å²) in [6, 6.07) is 2.00. The number of nitrogens with one attached hydrogen (secondary N) is 2. The molecule has 7 heteroatoms. The van der Waals surface area contributed by atoms with E-state index in [2.05, 4.69) is 29.9 Å². The van der Waals surface area contributed by atoms with Gasteiger partial charge in [-0.25, -0.2) is 13.6 Å². The van der Waals surface area contributed by atoms with Crippen molar-refractivity contribution in [3.8, 4) is 0 Å². The highest BCUT2D eigenvalue weighted by Crippen LogP contribution is 2.25. The van der Waals surface area contributed by atoms with Crippen LogP contribution in [0.25, 0.3) is 10.9 Å². The van der Waals surface area contributed by atoms with Crippen LogP contribution in [0.5, 0.6) is 0 Å². The number of alkyl carbamates (subject to hydrolysis) is 1. The molecule has 2 N–H and O–H groups in total. The summed E-state index contributed by atoms with van der Waals surface area (Å²) in [4.78, 5) is 15.2. The SMILES string of the molecule is C[C@@H](Cc1c([Si](C)(C)C)[nH]c2c(F)cc(F)cc12)NC(=O)OC(C)(C)C. The van der Waals surface area contributed by atoms with Crippen molar-refractivity contribution in [1.29, 1.82) is 0 Å². The smallest absolute Gasteiger partial charge is 0.407 e. The monoisotopic (exact) mass is 382 g/mol. The maximum Gasteiger partial charge on any atom is 0.407 e. The van der Waals surface area contributed by atoms with E-state index in [1.807, 2.05) is 6.92 Å². The number of carbonyl (C=O) groups excluding carboxylic acids is 1. The topological polar surface area (TPSA) is 54.1 Å². The molecule has 0 aliphatic heterocycles. The highest BCUT2D eigenvalue weighted by Gasteiger charge is 2.27. The Balaban J connectivity index is 2.37. The third-order valence-electron chi connectivity index (χ3n) is 3.96. The average molecular weight is 383 g/mol. The number of aromatic amines is 1. The molecule has 0 bridgehead atoms. The van der Waals surface area contributed by atoms with E-state index >= 15 is 0 Å². The average Bonchev–Trinajstić information content (AvgIpc) is 2.75. The van der Waals surface area contributed by atoms with E-state index in [9.17, 15) is 13.6 Å². The molecule has 1 aromatic heterocycles. The van der Waals surface area contributed by atoms with Gasteiger partial charge in [-0.15, -0.1) is 0 Å². The van der Waals surface area contributed by atoms with E-state index in [0.29, 0.717) is 17.3 Å². The first kappa shape index (κ1) is 20.4. The first-order valence-corrected chi connectivity index (χ1v) is 12.3. The van der Waals surface area contributed by atoms with Gasteiger partial charge >= 0.3 is 6.09 Å². The molecule has 0 aliphatic carbocycles. The molecule has 4 nitrogen and oxygen atoms in total. The van der Waals surface area contributed by atoms with Gasteiger partial charge in [0.05, 0.1) is 13.6 Å². The number of rotatable bonds is 4. The van der Waals surface area contributed by atoms with Gasteiger partial charge in [-0.1, -0.05) is 19.6 Å². The Labute approximate surface area is 154 Å². The van der Waals surface area contributed by atoms with Gasteiger partial charge < -0.3 is 15.0 Å². The van der Waals surface area contributed by atoms with Crippen LogP contribution in [0.1, 0.15) is 33.3 Å². The molecule has 0 saturated heterocycles. The summed E-state index contributed by atoms with van der Waals surface area (Å²) < 4.78 is 33.3. The van der Waals surface area contributed by atoms with E-state index in [1.54, 1.807) is 20.8 Å². The van der Waals surface area contributed by atoms with Gasteiger partial charge in [-0.3, -0.25) is 0 Å². The first-order chi connectivity index (χ1) is 11.8. The molecular weight excluding hydrogens is 354 g/mol. The molecule has 1 atom stereocenters. The number of hydrogen-bond acceptors (Lipinski definition) is 2. The van der Waals surface area contributed by atoms with Crippen LogP contribution in [0, 0.1) is 11.6 Å². The molecule has 0 saturated carbocycles. The van der Waals surface area contributed by atoms with Gasteiger partial charge in [-0.05, 0) is 45.7 Å². The highest BCUT2D eigenvalue weighted by molar-refractivity contribution is 6.88. The largest absolute Gasteiger partial charge is 0.444 e. The molecule has 1 heterocycles. The first-order valence-electron chi connectivity index (χ1n) is 8.77. The maximum atomic E-state index is 14.2. The summed E-state index contributed by atoms with van der Waals surface area (Å²) in [5, 5.41) is 4.31. The lowest BCUT2D eigenvalue weighted by Gasteiger charge is -2.23. The van der Waals surface area contributed by atoms with Crippen molar-refractivity contribution in [2.45, 2.75) is 65.4 Å². The Hall–Kier alpha value is -1.89. The Morgan fingerprint density at radius 1 is 1.27 bits per heavy atom. The zero-order valence-electron chi connectivity index (χ0n) is 16.5. The van der Waals surface area contributed by atoms with Gasteiger partial charge in [0.2, 0.25) is 0 Å². The van der Waals surface area contributed by atoms with Gasteiger partial charge in [0.1, 0.15) is 17.2 Å². The van der Waals surface area contributed by atoms with Crippen LogP contribution in [-0.4, -0.2) is 30.8 Å². The second-order valence-electron chi connectivity index (χ2n) is 8.79. The van der Waals surface area contributed by atoms with Crippen molar-refractivity contribution in [2.75, 3.05) is 0 Å². The molecule has 0 spiro atoms. The van der Waals surface area contributed by atoms with Crippen LogP contribution in [0.2, 0.25) is 19.6 Å². The lowest BCUT2D eigenvalue weighted by Crippen LogP contribution is -2.43. The van der Waals surface area contributed by atoms with E-state index in [1.165, 1.54) is 6.07 Å². The number of ether oxygens (including phenoxy) is 1. The second kappa shape index (κ2) is 7.02. The van der Waals surface area contributed by atoms with Crippen LogP contribution >= 0.6 is 0 Å². The van der Waals surface area contributed by atoms with Crippen molar-refractivity contribution in [2.24, 2.45) is 0 Å². The number of halogens is 2. The Kier molecular flexibility index (Phi) is 5.51. The molecular formula is C19H28F2N2O2Si. The highest BCUT2D eigenvalue weighted by atomic mass is 28.3. The van der Waals surface area contributed by atoms with Gasteiger partial charge in [0.25, 0.3) is 0 Å². The van der Waals surface area contributed by atoms with Crippen molar-refractivity contribution >= 4 is 30.4 Å². The molecule has 1 amide bonds. The van der Waals surface area contributed by atoms with Crippen LogP contribution in [-0.2, 0) is 11.2 Å². The number of carbonyl (C=O) groups is 1. The summed E-state index contributed by atoms with van der Waals surface area (Å²) in [5.41, 5.74) is 0.602. The number of benzene rings is 1. The fraction of sp³-hybridized carbons (Fsp3) is 0.526. The number of amides is 1. The maximum absolute atomic E-state index is 14.2. The molecule has 2 rings (SSSR count). The number of hydrogen-bond donors (Lipinski definition) is 2. The van der Waals surface area contributed by atoms with Crippen molar-refractivity contribution in [3.05, 3.63) is 29.3 Å². The summed E-state index contributed by atoms with van der Waals surface area (Å²) >= 11 is 0. The van der Waals surface area contributed by atoms with E-state index in [0.717, 1.165) is 16.9 Å². The molecule has 1 aromatic carbocycles. The molecule has 26 heavy (non-hydrogen) atoms. The molecule has 144 valence electrons. The van der Waals surface area contributed by atoms with Crippen LogP contribution in [0.3, 0.4) is 0 Å². The van der Waals surface area contributed by atoms with Gasteiger partial charge in [0, 0.05) is 22.8 Å². The Morgan fingerprint density at radius 2 is 1.88 bits per heavy atom. The Morgan fingerprint density at radius 3 is 2.42 bits per heavy atom. The quantitative estimate of drug-likeness (QED) is 0.768. The summed E-state index contributed by atoms with van der Waals surface area (Å²) in [6.45, 7) is 13.7. The lowest BCUT2D eigenvalue weighted by atomic mass is 10.1. The fourth-order valence-corrected chi connectivity index (χ4v) is 4.63. The molecule has 0 fully saturated rings. The predicted molar refractivity (Wildman–Crippen MR) is 104 cm³/mol. The summed E-state index contributed by atoms with van der Waals surface area (Å²) in [5.74, 6) is -1.20. The number of aromatic nitrogens is 1. The van der Waals surface area contributed by atoms with E-state index < -0.39 is 31.4 Å². The van der Waals surface area contributed by atoms with Crippen LogP contribution in [0.15, 0.2) is 12.1 Å². The molecule has 0 radical (unpaired) electrons. The summed E-state index contributed by atoms with van der Waals surface area (Å²) in [7, 11) is -1.83. The second-order valence-corrected chi connectivity index (χ2v) is 13.8. The minimum atomic E-state index is -1.83. The van der Waals surface area contributed by atoms with Crippen LogP contribution < -0.4 is 10.6 Å². The third kappa shape index (κ3) is 4.84. The predicted octanol–water partition coefficient (Wildman–Crippen LogP) is 4.45. The number of fused-ring (bicyclic) bond motifs is 1. The summed E-state index contributed by atoms with van der Waals surface area (Å²) in [6.07, 6.45) is -0.0429. The van der Waals surface area contributed by atoms with Gasteiger partial charge in [-0.2, -0.15) is 0 Å². The normalized spacial score (nSPS) is 13.7. The molecule has 0 unspecified atom stereocenters. The Bertz CT molecular complexity index is 820. The standard InChI is InChI=1S/C19H28F2N2O2Si/c1-11(22-18(24)25-19(2,3)4)8-14-13-9-12(20)10-15(21)16(13)23-17(14)26(5,6)7/h9-11,23H,8H2,1-7H3,(H,22,24)/t11-/m0/s1. The minimum absolute atomic E-state index is 0.245. The zero-order valence-corrected chi connectivity index (χ0v) is 17.5. The molecule has 2 aromatic rings. The van der Waals surface area contributed by atoms with Gasteiger partial charge in [0.15, 0.2) is 0 Å². The minimum Gasteiger partial charge on any atom is -0.444 e. The number of H-pyrrole nitrogens is 1. The van der Waals surface area contributed by atoms with E-state index in [4.69, 9.17) is 4.74 Å². The van der Waals surface area contributed by atoms with Crippen molar-refractivity contribution < 1.29 is 18.3 Å². The zero-order chi connectivity index (χ0) is 19.9.